The van der Waals surface area contributed by atoms with Crippen molar-refractivity contribution < 1.29 is 4.79 Å². The molecule has 0 spiro atoms. The van der Waals surface area contributed by atoms with Crippen LogP contribution in [0, 0.1) is 6.92 Å². The highest BCUT2D eigenvalue weighted by atomic mass is 35.5. The fourth-order valence-corrected chi connectivity index (χ4v) is 2.79. The summed E-state index contributed by atoms with van der Waals surface area (Å²) >= 11 is 18.3. The minimum Gasteiger partial charge on any atom is -0.367 e. The van der Waals surface area contributed by atoms with Gasteiger partial charge in [0.1, 0.15) is 12.0 Å². The standard InChI is InChI=1S/C14H14Cl3N5O/c1-8-4-12(14(23)19-18-7-21(2)3)20-22(8)13-10(16)5-9(15)6-11(13)17/h4-7H,1-3H3,(H,19,23)/b18-7-. The van der Waals surface area contributed by atoms with Crippen LogP contribution in [0.3, 0.4) is 0 Å². The number of amides is 1. The van der Waals surface area contributed by atoms with Gasteiger partial charge >= 0.3 is 0 Å². The molecule has 0 saturated heterocycles. The summed E-state index contributed by atoms with van der Waals surface area (Å²) in [5.74, 6) is -0.439. The topological polar surface area (TPSA) is 62.5 Å². The van der Waals surface area contributed by atoms with Crippen LogP contribution >= 0.6 is 34.8 Å². The van der Waals surface area contributed by atoms with E-state index in [0.29, 0.717) is 26.4 Å². The first kappa shape index (κ1) is 17.6. The van der Waals surface area contributed by atoms with Crippen molar-refractivity contribution in [3.8, 4) is 5.69 Å². The lowest BCUT2D eigenvalue weighted by Gasteiger charge is -2.09. The number of aromatic nitrogens is 2. The molecular weight excluding hydrogens is 361 g/mol. The van der Waals surface area contributed by atoms with E-state index in [1.165, 1.54) is 11.0 Å². The molecule has 2 aromatic rings. The Hall–Kier alpha value is -1.76. The molecule has 0 atom stereocenters. The van der Waals surface area contributed by atoms with Gasteiger partial charge < -0.3 is 4.90 Å². The fraction of sp³-hybridized carbons (Fsp3) is 0.214. The number of rotatable bonds is 4. The maximum atomic E-state index is 12.0. The molecular formula is C14H14Cl3N5O. The molecule has 23 heavy (non-hydrogen) atoms. The van der Waals surface area contributed by atoms with Gasteiger partial charge in [-0.15, -0.1) is 0 Å². The summed E-state index contributed by atoms with van der Waals surface area (Å²) in [5.41, 5.74) is 3.74. The lowest BCUT2D eigenvalue weighted by atomic mass is 10.3. The van der Waals surface area contributed by atoms with Gasteiger partial charge in [-0.25, -0.2) is 10.1 Å². The third-order valence-corrected chi connectivity index (χ3v) is 3.56. The number of nitrogens with one attached hydrogen (secondary N) is 1. The summed E-state index contributed by atoms with van der Waals surface area (Å²) in [7, 11) is 3.58. The zero-order chi connectivity index (χ0) is 17.1. The molecule has 1 N–H and O–H groups in total. The van der Waals surface area contributed by atoms with Crippen LogP contribution in [0.4, 0.5) is 0 Å². The summed E-state index contributed by atoms with van der Waals surface area (Å²) in [4.78, 5) is 13.7. The first-order valence-corrected chi connectivity index (χ1v) is 7.64. The summed E-state index contributed by atoms with van der Waals surface area (Å²) in [5, 5.41) is 9.12. The minimum atomic E-state index is -0.439. The van der Waals surface area contributed by atoms with E-state index in [0.717, 1.165) is 0 Å². The number of benzene rings is 1. The second-order valence-corrected chi connectivity index (χ2v) is 6.20. The number of carbonyl (C=O) groups excluding carboxylic acids is 1. The molecule has 0 bridgehead atoms. The highest BCUT2D eigenvalue weighted by Gasteiger charge is 2.17. The van der Waals surface area contributed by atoms with Crippen molar-refractivity contribution in [2.24, 2.45) is 5.10 Å². The van der Waals surface area contributed by atoms with Crippen LogP contribution < -0.4 is 5.43 Å². The van der Waals surface area contributed by atoms with E-state index in [1.807, 2.05) is 0 Å². The Kier molecular flexibility index (Phi) is 5.51. The van der Waals surface area contributed by atoms with Crippen molar-refractivity contribution in [2.75, 3.05) is 14.1 Å². The zero-order valence-electron chi connectivity index (χ0n) is 12.6. The van der Waals surface area contributed by atoms with E-state index in [9.17, 15) is 4.79 Å². The summed E-state index contributed by atoms with van der Waals surface area (Å²) in [6.45, 7) is 1.79. The first-order valence-electron chi connectivity index (χ1n) is 6.51. The Balaban J connectivity index is 2.34. The van der Waals surface area contributed by atoms with Gasteiger partial charge in [-0.1, -0.05) is 34.8 Å². The minimum absolute atomic E-state index is 0.195. The molecule has 2 rings (SSSR count). The number of nitrogens with zero attached hydrogens (tertiary/aromatic N) is 4. The van der Waals surface area contributed by atoms with Gasteiger partial charge in [0, 0.05) is 24.8 Å². The molecule has 0 saturated carbocycles. The quantitative estimate of drug-likeness (QED) is 0.507. The Morgan fingerprint density at radius 2 is 1.87 bits per heavy atom. The van der Waals surface area contributed by atoms with Crippen LogP contribution in [-0.4, -0.2) is 41.0 Å². The highest BCUT2D eigenvalue weighted by Crippen LogP contribution is 2.32. The number of aryl methyl sites for hydroxylation is 1. The average Bonchev–Trinajstić information content (AvgIpc) is 2.79. The van der Waals surface area contributed by atoms with E-state index >= 15 is 0 Å². The predicted molar refractivity (Wildman–Crippen MR) is 93.0 cm³/mol. The number of hydrogen-bond donors (Lipinski definition) is 1. The molecule has 1 aromatic heterocycles. The molecule has 0 aliphatic heterocycles. The van der Waals surface area contributed by atoms with Crippen LogP contribution in [0.1, 0.15) is 16.2 Å². The van der Waals surface area contributed by atoms with Gasteiger partial charge in [-0.05, 0) is 25.1 Å². The van der Waals surface area contributed by atoms with Gasteiger partial charge in [0.25, 0.3) is 5.91 Å². The van der Waals surface area contributed by atoms with Crippen molar-refractivity contribution >= 4 is 47.0 Å². The van der Waals surface area contributed by atoms with Gasteiger partial charge in [-0.3, -0.25) is 4.79 Å². The molecule has 0 fully saturated rings. The van der Waals surface area contributed by atoms with Crippen molar-refractivity contribution in [1.29, 1.82) is 0 Å². The van der Waals surface area contributed by atoms with E-state index in [4.69, 9.17) is 34.8 Å². The Morgan fingerprint density at radius 3 is 2.43 bits per heavy atom. The second-order valence-electron chi connectivity index (χ2n) is 4.95. The Morgan fingerprint density at radius 1 is 1.26 bits per heavy atom. The van der Waals surface area contributed by atoms with Crippen LogP contribution in [0.25, 0.3) is 5.69 Å². The lowest BCUT2D eigenvalue weighted by Crippen LogP contribution is -2.20. The molecule has 1 amide bonds. The largest absolute Gasteiger partial charge is 0.367 e. The molecule has 0 aliphatic rings. The third-order valence-electron chi connectivity index (χ3n) is 2.77. The van der Waals surface area contributed by atoms with Crippen molar-refractivity contribution in [1.82, 2.24) is 20.1 Å². The van der Waals surface area contributed by atoms with E-state index in [-0.39, 0.29) is 5.69 Å². The summed E-state index contributed by atoms with van der Waals surface area (Å²) in [6, 6.07) is 4.74. The number of carbonyl (C=O) groups is 1. The molecule has 122 valence electrons. The summed E-state index contributed by atoms with van der Waals surface area (Å²) in [6.07, 6.45) is 1.47. The molecule has 1 aromatic carbocycles. The van der Waals surface area contributed by atoms with E-state index in [2.05, 4.69) is 15.6 Å². The van der Waals surface area contributed by atoms with E-state index in [1.54, 1.807) is 44.1 Å². The third kappa shape index (κ3) is 4.16. The Bertz CT molecular complexity index is 747. The zero-order valence-corrected chi connectivity index (χ0v) is 14.9. The predicted octanol–water partition coefficient (Wildman–Crippen LogP) is 3.38. The summed E-state index contributed by atoms with van der Waals surface area (Å²) < 4.78 is 1.49. The van der Waals surface area contributed by atoms with Crippen molar-refractivity contribution in [3.05, 3.63) is 44.7 Å². The number of hydrazone groups is 1. The SMILES string of the molecule is Cc1cc(C(=O)N/N=C\N(C)C)nn1-c1c(Cl)cc(Cl)cc1Cl. The highest BCUT2D eigenvalue weighted by molar-refractivity contribution is 6.40. The monoisotopic (exact) mass is 373 g/mol. The van der Waals surface area contributed by atoms with Gasteiger partial charge in [0.05, 0.1) is 10.0 Å². The maximum absolute atomic E-state index is 12.0. The molecule has 9 heteroatoms. The van der Waals surface area contributed by atoms with Crippen LogP contribution in [-0.2, 0) is 0 Å². The van der Waals surface area contributed by atoms with Crippen LogP contribution in [0.2, 0.25) is 15.1 Å². The molecule has 0 unspecified atom stereocenters. The molecule has 0 radical (unpaired) electrons. The average molecular weight is 375 g/mol. The van der Waals surface area contributed by atoms with Crippen molar-refractivity contribution in [3.63, 3.8) is 0 Å². The van der Waals surface area contributed by atoms with E-state index < -0.39 is 5.91 Å². The number of hydrogen-bond acceptors (Lipinski definition) is 3. The number of halogens is 3. The fourth-order valence-electron chi connectivity index (χ4n) is 1.81. The molecule has 1 heterocycles. The second kappa shape index (κ2) is 7.21. The van der Waals surface area contributed by atoms with Crippen LogP contribution in [0.5, 0.6) is 0 Å². The normalized spacial score (nSPS) is 11.0. The van der Waals surface area contributed by atoms with Crippen molar-refractivity contribution in [2.45, 2.75) is 6.92 Å². The van der Waals surface area contributed by atoms with Gasteiger partial charge in [-0.2, -0.15) is 10.2 Å². The molecule has 6 nitrogen and oxygen atoms in total. The smallest absolute Gasteiger partial charge is 0.291 e. The van der Waals surface area contributed by atoms with Gasteiger partial charge in [0.2, 0.25) is 0 Å². The first-order chi connectivity index (χ1) is 10.8. The maximum Gasteiger partial charge on any atom is 0.291 e. The lowest BCUT2D eigenvalue weighted by molar-refractivity contribution is 0.0949. The Labute approximate surface area is 148 Å². The molecule has 0 aliphatic carbocycles. The van der Waals surface area contributed by atoms with Gasteiger partial charge in [0.15, 0.2) is 5.69 Å². The van der Waals surface area contributed by atoms with Crippen LogP contribution in [0.15, 0.2) is 23.3 Å².